The molecule has 2 rings (SSSR count). The van der Waals surface area contributed by atoms with Crippen LogP contribution in [-0.4, -0.2) is 4.98 Å². The minimum Gasteiger partial charge on any atom is -0.399 e. The number of nitrogens with one attached hydrogen (secondary N) is 1. The van der Waals surface area contributed by atoms with Gasteiger partial charge in [0, 0.05) is 30.3 Å². The van der Waals surface area contributed by atoms with Crippen LogP contribution in [0.1, 0.15) is 16.7 Å². The Morgan fingerprint density at radius 3 is 2.71 bits per heavy atom. The third kappa shape index (κ3) is 2.75. The van der Waals surface area contributed by atoms with Crippen molar-refractivity contribution in [2.75, 3.05) is 11.1 Å². The Morgan fingerprint density at radius 1 is 1.18 bits per heavy atom. The maximum Gasteiger partial charge on any atom is 0.0418 e. The molecule has 0 aliphatic rings. The summed E-state index contributed by atoms with van der Waals surface area (Å²) in [6.45, 7) is 4.88. The molecule has 0 bridgehead atoms. The van der Waals surface area contributed by atoms with Crippen molar-refractivity contribution >= 4 is 11.4 Å². The first-order chi connectivity index (χ1) is 8.16. The van der Waals surface area contributed by atoms with Crippen LogP contribution in [0, 0.1) is 13.8 Å². The second-order valence-corrected chi connectivity index (χ2v) is 4.23. The minimum absolute atomic E-state index is 0.781. The molecule has 3 nitrogen and oxygen atoms in total. The Balaban J connectivity index is 2.08. The van der Waals surface area contributed by atoms with Gasteiger partial charge in [-0.3, -0.25) is 4.98 Å². The van der Waals surface area contributed by atoms with E-state index in [4.69, 9.17) is 5.73 Å². The van der Waals surface area contributed by atoms with Crippen LogP contribution in [0.2, 0.25) is 0 Å². The van der Waals surface area contributed by atoms with Crippen LogP contribution < -0.4 is 11.1 Å². The van der Waals surface area contributed by atoms with Crippen LogP contribution in [0.3, 0.4) is 0 Å². The number of nitrogens with zero attached hydrogens (tertiary/aromatic N) is 1. The van der Waals surface area contributed by atoms with E-state index in [-0.39, 0.29) is 0 Å². The first-order valence-corrected chi connectivity index (χ1v) is 5.66. The molecule has 1 aromatic heterocycles. The van der Waals surface area contributed by atoms with Gasteiger partial charge in [-0.2, -0.15) is 0 Å². The number of aryl methyl sites for hydroxylation is 2. The summed E-state index contributed by atoms with van der Waals surface area (Å²) in [5.41, 5.74) is 11.2. The number of pyridine rings is 1. The highest BCUT2D eigenvalue weighted by molar-refractivity contribution is 5.56. The predicted molar refractivity (Wildman–Crippen MR) is 71.9 cm³/mol. The van der Waals surface area contributed by atoms with Crippen LogP contribution >= 0.6 is 0 Å². The van der Waals surface area contributed by atoms with Crippen LogP contribution in [0.5, 0.6) is 0 Å². The summed E-state index contributed by atoms with van der Waals surface area (Å²) in [6.07, 6.45) is 3.71. The smallest absolute Gasteiger partial charge is 0.0418 e. The zero-order chi connectivity index (χ0) is 12.3. The van der Waals surface area contributed by atoms with Gasteiger partial charge < -0.3 is 11.1 Å². The molecule has 0 spiro atoms. The average molecular weight is 227 g/mol. The average Bonchev–Trinajstić information content (AvgIpc) is 2.32. The molecule has 88 valence electrons. The van der Waals surface area contributed by atoms with Gasteiger partial charge in [0.2, 0.25) is 0 Å². The third-order valence-electron chi connectivity index (χ3n) is 2.90. The van der Waals surface area contributed by atoms with Crippen LogP contribution in [0.25, 0.3) is 0 Å². The second kappa shape index (κ2) is 4.87. The lowest BCUT2D eigenvalue weighted by molar-refractivity contribution is 1.08. The first-order valence-electron chi connectivity index (χ1n) is 5.66. The summed E-state index contributed by atoms with van der Waals surface area (Å²) in [5.74, 6) is 0. The van der Waals surface area contributed by atoms with Gasteiger partial charge in [0.15, 0.2) is 0 Å². The van der Waals surface area contributed by atoms with Gasteiger partial charge in [0.25, 0.3) is 0 Å². The molecule has 3 heteroatoms. The number of hydrogen-bond acceptors (Lipinski definition) is 3. The normalized spacial score (nSPS) is 10.2. The van der Waals surface area contributed by atoms with Gasteiger partial charge in [0.1, 0.15) is 0 Å². The Morgan fingerprint density at radius 2 is 2.00 bits per heavy atom. The molecule has 0 radical (unpaired) electrons. The van der Waals surface area contributed by atoms with Crippen molar-refractivity contribution in [2.45, 2.75) is 20.4 Å². The van der Waals surface area contributed by atoms with E-state index in [1.54, 1.807) is 0 Å². The Labute approximate surface area is 102 Å². The van der Waals surface area contributed by atoms with E-state index < -0.39 is 0 Å². The van der Waals surface area contributed by atoms with E-state index in [0.29, 0.717) is 0 Å². The highest BCUT2D eigenvalue weighted by atomic mass is 14.9. The largest absolute Gasteiger partial charge is 0.399 e. The van der Waals surface area contributed by atoms with Crippen LogP contribution in [0.4, 0.5) is 11.4 Å². The Kier molecular flexibility index (Phi) is 3.28. The molecule has 0 aliphatic heterocycles. The van der Waals surface area contributed by atoms with Crippen molar-refractivity contribution in [1.29, 1.82) is 0 Å². The van der Waals surface area contributed by atoms with E-state index in [1.807, 2.05) is 37.5 Å². The molecule has 1 aromatic carbocycles. The van der Waals surface area contributed by atoms with Crippen molar-refractivity contribution < 1.29 is 0 Å². The summed E-state index contributed by atoms with van der Waals surface area (Å²) in [4.78, 5) is 4.13. The number of rotatable bonds is 3. The lowest BCUT2D eigenvalue weighted by Crippen LogP contribution is -2.02. The molecule has 0 aliphatic carbocycles. The lowest BCUT2D eigenvalue weighted by Gasteiger charge is -2.10. The summed E-state index contributed by atoms with van der Waals surface area (Å²) in [6, 6.07) is 7.99. The quantitative estimate of drug-likeness (QED) is 0.793. The lowest BCUT2D eigenvalue weighted by atomic mass is 10.1. The maximum absolute atomic E-state index is 5.78. The third-order valence-corrected chi connectivity index (χ3v) is 2.90. The monoisotopic (exact) mass is 227 g/mol. The summed E-state index contributed by atoms with van der Waals surface area (Å²) >= 11 is 0. The molecular weight excluding hydrogens is 210 g/mol. The number of benzene rings is 1. The molecule has 3 N–H and O–H groups in total. The maximum atomic E-state index is 5.78. The molecule has 0 saturated heterocycles. The highest BCUT2D eigenvalue weighted by Gasteiger charge is 1.99. The summed E-state index contributed by atoms with van der Waals surface area (Å²) in [7, 11) is 0. The standard InChI is InChI=1S/C14H17N3/c1-10-5-6-16-8-12(10)9-17-13-3-4-14(15)11(2)7-13/h3-8,17H,9,15H2,1-2H3. The number of aromatic nitrogens is 1. The van der Waals surface area contributed by atoms with E-state index in [9.17, 15) is 0 Å². The zero-order valence-electron chi connectivity index (χ0n) is 10.2. The van der Waals surface area contributed by atoms with Crippen molar-refractivity contribution in [1.82, 2.24) is 4.98 Å². The first kappa shape index (κ1) is 11.5. The van der Waals surface area contributed by atoms with Gasteiger partial charge in [-0.15, -0.1) is 0 Å². The molecule has 17 heavy (non-hydrogen) atoms. The number of nitrogen functional groups attached to an aromatic ring is 1. The van der Waals surface area contributed by atoms with Crippen molar-refractivity contribution in [3.05, 3.63) is 53.3 Å². The van der Waals surface area contributed by atoms with Gasteiger partial charge in [-0.1, -0.05) is 0 Å². The topological polar surface area (TPSA) is 50.9 Å². The van der Waals surface area contributed by atoms with E-state index in [2.05, 4.69) is 23.3 Å². The zero-order valence-corrected chi connectivity index (χ0v) is 10.2. The SMILES string of the molecule is Cc1cc(NCc2cnccc2C)ccc1N. The molecule has 2 aromatic rings. The van der Waals surface area contributed by atoms with Crippen molar-refractivity contribution in [3.63, 3.8) is 0 Å². The fraction of sp³-hybridized carbons (Fsp3) is 0.214. The number of nitrogens with two attached hydrogens (primary N) is 1. The van der Waals surface area contributed by atoms with E-state index >= 15 is 0 Å². The van der Waals surface area contributed by atoms with E-state index in [1.165, 1.54) is 11.1 Å². The number of hydrogen-bond donors (Lipinski definition) is 2. The van der Waals surface area contributed by atoms with Crippen molar-refractivity contribution in [3.8, 4) is 0 Å². The fourth-order valence-electron chi connectivity index (χ4n) is 1.66. The fourth-order valence-corrected chi connectivity index (χ4v) is 1.66. The van der Waals surface area contributed by atoms with Gasteiger partial charge >= 0.3 is 0 Å². The highest BCUT2D eigenvalue weighted by Crippen LogP contribution is 2.17. The van der Waals surface area contributed by atoms with E-state index in [0.717, 1.165) is 23.5 Å². The van der Waals surface area contributed by atoms with Crippen LogP contribution in [-0.2, 0) is 6.54 Å². The molecule has 0 amide bonds. The summed E-state index contributed by atoms with van der Waals surface area (Å²) < 4.78 is 0. The van der Waals surface area contributed by atoms with Crippen LogP contribution in [0.15, 0.2) is 36.7 Å². The Hall–Kier alpha value is -2.03. The molecule has 0 saturated carbocycles. The molecule has 1 heterocycles. The Bertz CT molecular complexity index is 521. The molecule has 0 atom stereocenters. The predicted octanol–water partition coefficient (Wildman–Crippen LogP) is 2.89. The van der Waals surface area contributed by atoms with Crippen molar-refractivity contribution in [2.24, 2.45) is 0 Å². The molecular formula is C14H17N3. The second-order valence-electron chi connectivity index (χ2n) is 4.23. The van der Waals surface area contributed by atoms with Gasteiger partial charge in [0.05, 0.1) is 0 Å². The van der Waals surface area contributed by atoms with Gasteiger partial charge in [-0.05, 0) is 54.8 Å². The molecule has 0 unspecified atom stereocenters. The number of anilines is 2. The van der Waals surface area contributed by atoms with Gasteiger partial charge in [-0.25, -0.2) is 0 Å². The summed E-state index contributed by atoms with van der Waals surface area (Å²) in [5, 5.41) is 3.37. The molecule has 0 fully saturated rings. The minimum atomic E-state index is 0.781.